The van der Waals surface area contributed by atoms with Crippen molar-refractivity contribution in [1.82, 2.24) is 5.32 Å². The second-order valence-corrected chi connectivity index (χ2v) is 4.18. The smallest absolute Gasteiger partial charge is 0.123 e. The maximum atomic E-state index is 12.6. The molecular formula is C13H20FN. The SMILES string of the molecule is CCC(C)C(C)NCc1ccc(F)cc1. The van der Waals surface area contributed by atoms with E-state index in [2.05, 4.69) is 26.1 Å². The van der Waals surface area contributed by atoms with Crippen LogP contribution < -0.4 is 5.32 Å². The van der Waals surface area contributed by atoms with Gasteiger partial charge in [-0.15, -0.1) is 0 Å². The minimum Gasteiger partial charge on any atom is -0.310 e. The average Bonchev–Trinajstić information content (AvgIpc) is 2.26. The van der Waals surface area contributed by atoms with E-state index in [1.54, 1.807) is 0 Å². The maximum absolute atomic E-state index is 12.6. The highest BCUT2D eigenvalue weighted by molar-refractivity contribution is 5.15. The normalized spacial score (nSPS) is 14.9. The topological polar surface area (TPSA) is 12.0 Å². The number of nitrogens with one attached hydrogen (secondary N) is 1. The molecule has 0 saturated carbocycles. The third kappa shape index (κ3) is 4.00. The Kier molecular flexibility index (Phi) is 4.76. The Bertz CT molecular complexity index is 281. The van der Waals surface area contributed by atoms with Crippen molar-refractivity contribution in [2.24, 2.45) is 5.92 Å². The Morgan fingerprint density at radius 2 is 1.80 bits per heavy atom. The molecular weight excluding hydrogens is 189 g/mol. The van der Waals surface area contributed by atoms with E-state index in [0.717, 1.165) is 12.1 Å². The van der Waals surface area contributed by atoms with E-state index in [1.165, 1.54) is 18.6 Å². The Labute approximate surface area is 91.7 Å². The molecule has 0 heterocycles. The zero-order valence-electron chi connectivity index (χ0n) is 9.76. The third-order valence-corrected chi connectivity index (χ3v) is 3.04. The van der Waals surface area contributed by atoms with Gasteiger partial charge in [0.15, 0.2) is 0 Å². The average molecular weight is 209 g/mol. The van der Waals surface area contributed by atoms with Crippen molar-refractivity contribution in [3.63, 3.8) is 0 Å². The molecule has 2 unspecified atom stereocenters. The van der Waals surface area contributed by atoms with Gasteiger partial charge in [-0.2, -0.15) is 0 Å². The lowest BCUT2D eigenvalue weighted by Crippen LogP contribution is -2.31. The van der Waals surface area contributed by atoms with Crippen molar-refractivity contribution < 1.29 is 4.39 Å². The summed E-state index contributed by atoms with van der Waals surface area (Å²) < 4.78 is 12.6. The Balaban J connectivity index is 2.40. The molecule has 84 valence electrons. The fourth-order valence-corrected chi connectivity index (χ4v) is 1.44. The lowest BCUT2D eigenvalue weighted by Gasteiger charge is -2.19. The Morgan fingerprint density at radius 3 is 2.33 bits per heavy atom. The first-order chi connectivity index (χ1) is 7.13. The Hall–Kier alpha value is -0.890. The summed E-state index contributed by atoms with van der Waals surface area (Å²) in [5.74, 6) is 0.499. The predicted molar refractivity (Wildman–Crippen MR) is 62.2 cm³/mol. The number of hydrogen-bond acceptors (Lipinski definition) is 1. The van der Waals surface area contributed by atoms with Crippen LogP contribution in [0.15, 0.2) is 24.3 Å². The van der Waals surface area contributed by atoms with Gasteiger partial charge in [0, 0.05) is 12.6 Å². The van der Waals surface area contributed by atoms with Gasteiger partial charge < -0.3 is 5.32 Å². The molecule has 0 aromatic heterocycles. The van der Waals surface area contributed by atoms with Crippen LogP contribution in [0.3, 0.4) is 0 Å². The molecule has 0 bridgehead atoms. The highest BCUT2D eigenvalue weighted by atomic mass is 19.1. The zero-order valence-corrected chi connectivity index (χ0v) is 9.76. The van der Waals surface area contributed by atoms with Gasteiger partial charge in [-0.05, 0) is 30.5 Å². The molecule has 1 aromatic carbocycles. The summed E-state index contributed by atoms with van der Waals surface area (Å²) in [6.07, 6.45) is 1.18. The van der Waals surface area contributed by atoms with Crippen LogP contribution in [0.2, 0.25) is 0 Å². The summed E-state index contributed by atoms with van der Waals surface area (Å²) in [4.78, 5) is 0. The number of benzene rings is 1. The molecule has 0 aliphatic carbocycles. The quantitative estimate of drug-likeness (QED) is 0.784. The zero-order chi connectivity index (χ0) is 11.3. The van der Waals surface area contributed by atoms with Crippen molar-refractivity contribution in [3.8, 4) is 0 Å². The van der Waals surface area contributed by atoms with Gasteiger partial charge in [0.2, 0.25) is 0 Å². The first-order valence-corrected chi connectivity index (χ1v) is 5.61. The molecule has 15 heavy (non-hydrogen) atoms. The van der Waals surface area contributed by atoms with E-state index in [-0.39, 0.29) is 5.82 Å². The minimum absolute atomic E-state index is 0.172. The van der Waals surface area contributed by atoms with Gasteiger partial charge in [0.1, 0.15) is 5.82 Å². The molecule has 0 aliphatic heterocycles. The monoisotopic (exact) mass is 209 g/mol. The van der Waals surface area contributed by atoms with Gasteiger partial charge >= 0.3 is 0 Å². The van der Waals surface area contributed by atoms with Crippen LogP contribution in [0.4, 0.5) is 4.39 Å². The standard InChI is InChI=1S/C13H20FN/c1-4-10(2)11(3)15-9-12-5-7-13(14)8-6-12/h5-8,10-11,15H,4,9H2,1-3H3. The highest BCUT2D eigenvalue weighted by Crippen LogP contribution is 2.08. The molecule has 1 nitrogen and oxygen atoms in total. The Morgan fingerprint density at radius 1 is 1.20 bits per heavy atom. The minimum atomic E-state index is -0.172. The molecule has 0 aliphatic rings. The molecule has 0 fully saturated rings. The van der Waals surface area contributed by atoms with Crippen molar-refractivity contribution in [2.75, 3.05) is 0 Å². The second kappa shape index (κ2) is 5.86. The second-order valence-electron chi connectivity index (χ2n) is 4.18. The molecule has 0 radical (unpaired) electrons. The lowest BCUT2D eigenvalue weighted by atomic mass is 10.0. The van der Waals surface area contributed by atoms with Gasteiger partial charge in [0.25, 0.3) is 0 Å². The van der Waals surface area contributed by atoms with Crippen LogP contribution in [0.1, 0.15) is 32.8 Å². The van der Waals surface area contributed by atoms with Crippen molar-refractivity contribution in [3.05, 3.63) is 35.6 Å². The van der Waals surface area contributed by atoms with E-state index in [1.807, 2.05) is 12.1 Å². The molecule has 0 spiro atoms. The van der Waals surface area contributed by atoms with Crippen LogP contribution >= 0.6 is 0 Å². The molecule has 1 N–H and O–H groups in total. The van der Waals surface area contributed by atoms with Gasteiger partial charge in [-0.3, -0.25) is 0 Å². The summed E-state index contributed by atoms with van der Waals surface area (Å²) in [6, 6.07) is 7.16. The van der Waals surface area contributed by atoms with Crippen molar-refractivity contribution in [2.45, 2.75) is 39.8 Å². The summed E-state index contributed by atoms with van der Waals surface area (Å²) in [5, 5.41) is 3.45. The number of halogens is 1. The van der Waals surface area contributed by atoms with Crippen LogP contribution in [-0.4, -0.2) is 6.04 Å². The van der Waals surface area contributed by atoms with E-state index in [4.69, 9.17) is 0 Å². The summed E-state index contributed by atoms with van der Waals surface area (Å²) in [5.41, 5.74) is 1.13. The fourth-order valence-electron chi connectivity index (χ4n) is 1.44. The molecule has 0 saturated heterocycles. The van der Waals surface area contributed by atoms with Crippen LogP contribution in [0, 0.1) is 11.7 Å². The third-order valence-electron chi connectivity index (χ3n) is 3.04. The highest BCUT2D eigenvalue weighted by Gasteiger charge is 2.08. The van der Waals surface area contributed by atoms with E-state index >= 15 is 0 Å². The molecule has 0 amide bonds. The first kappa shape index (κ1) is 12.2. The fraction of sp³-hybridized carbons (Fsp3) is 0.538. The van der Waals surface area contributed by atoms with Gasteiger partial charge in [-0.25, -0.2) is 4.39 Å². The van der Waals surface area contributed by atoms with E-state index < -0.39 is 0 Å². The first-order valence-electron chi connectivity index (χ1n) is 5.61. The molecule has 2 atom stereocenters. The largest absolute Gasteiger partial charge is 0.310 e. The number of hydrogen-bond donors (Lipinski definition) is 1. The molecule has 1 aromatic rings. The maximum Gasteiger partial charge on any atom is 0.123 e. The van der Waals surface area contributed by atoms with Crippen molar-refractivity contribution >= 4 is 0 Å². The molecule has 2 heteroatoms. The van der Waals surface area contributed by atoms with E-state index in [0.29, 0.717) is 12.0 Å². The number of rotatable bonds is 5. The van der Waals surface area contributed by atoms with Gasteiger partial charge in [-0.1, -0.05) is 32.4 Å². The predicted octanol–water partition coefficient (Wildman–Crippen LogP) is 3.35. The summed E-state index contributed by atoms with van der Waals surface area (Å²) >= 11 is 0. The lowest BCUT2D eigenvalue weighted by molar-refractivity contribution is 0.389. The van der Waals surface area contributed by atoms with Gasteiger partial charge in [0.05, 0.1) is 0 Å². The summed E-state index contributed by atoms with van der Waals surface area (Å²) in [7, 11) is 0. The van der Waals surface area contributed by atoms with E-state index in [9.17, 15) is 4.39 Å². The molecule has 1 rings (SSSR count). The van der Waals surface area contributed by atoms with Crippen LogP contribution in [-0.2, 0) is 6.54 Å². The van der Waals surface area contributed by atoms with Crippen molar-refractivity contribution in [1.29, 1.82) is 0 Å². The summed E-state index contributed by atoms with van der Waals surface area (Å²) in [6.45, 7) is 7.44. The van der Waals surface area contributed by atoms with Crippen LogP contribution in [0.25, 0.3) is 0 Å². The van der Waals surface area contributed by atoms with Crippen LogP contribution in [0.5, 0.6) is 0 Å².